The van der Waals surface area contributed by atoms with Gasteiger partial charge in [-0.2, -0.15) is 0 Å². The standard InChI is InChI=1S/C12H12N2O3/c1-6-4-7(6)9-2-3-10(17-9)11-13-5-8(14-11)12(15)16/h2-3,5-7H,4H2,1H3,(H,13,14)(H,15,16). The van der Waals surface area contributed by atoms with Crippen LogP contribution in [0.1, 0.15) is 35.5 Å². The van der Waals surface area contributed by atoms with Crippen LogP contribution in [0.15, 0.2) is 22.7 Å². The van der Waals surface area contributed by atoms with Crippen LogP contribution >= 0.6 is 0 Å². The van der Waals surface area contributed by atoms with E-state index in [4.69, 9.17) is 9.52 Å². The molecular formula is C12H12N2O3. The van der Waals surface area contributed by atoms with E-state index in [1.807, 2.05) is 12.1 Å². The van der Waals surface area contributed by atoms with Crippen LogP contribution in [0.25, 0.3) is 11.6 Å². The van der Waals surface area contributed by atoms with E-state index < -0.39 is 5.97 Å². The van der Waals surface area contributed by atoms with Gasteiger partial charge in [-0.25, -0.2) is 9.78 Å². The summed E-state index contributed by atoms with van der Waals surface area (Å²) in [5, 5.41) is 8.78. The molecule has 2 unspecified atom stereocenters. The van der Waals surface area contributed by atoms with Crippen molar-refractivity contribution in [1.82, 2.24) is 9.97 Å². The maximum absolute atomic E-state index is 10.7. The number of nitrogens with one attached hydrogen (secondary N) is 1. The van der Waals surface area contributed by atoms with E-state index in [0.29, 0.717) is 23.4 Å². The Kier molecular flexibility index (Phi) is 2.07. The van der Waals surface area contributed by atoms with E-state index in [9.17, 15) is 4.79 Å². The van der Waals surface area contributed by atoms with Crippen molar-refractivity contribution >= 4 is 5.97 Å². The first kappa shape index (κ1) is 10.1. The number of aromatic amines is 1. The third-order valence-corrected chi connectivity index (χ3v) is 3.14. The van der Waals surface area contributed by atoms with Crippen molar-refractivity contribution in [1.29, 1.82) is 0 Å². The first-order valence-electron chi connectivity index (χ1n) is 5.53. The van der Waals surface area contributed by atoms with Gasteiger partial charge < -0.3 is 14.5 Å². The zero-order chi connectivity index (χ0) is 12.0. The average molecular weight is 232 g/mol. The molecule has 0 bridgehead atoms. The Labute approximate surface area is 97.5 Å². The molecule has 0 spiro atoms. The first-order chi connectivity index (χ1) is 8.15. The summed E-state index contributed by atoms with van der Waals surface area (Å²) in [6, 6.07) is 3.76. The second-order valence-electron chi connectivity index (χ2n) is 4.47. The molecular weight excluding hydrogens is 220 g/mol. The van der Waals surface area contributed by atoms with Gasteiger partial charge in [-0.3, -0.25) is 0 Å². The fourth-order valence-electron chi connectivity index (χ4n) is 1.95. The van der Waals surface area contributed by atoms with Crippen molar-refractivity contribution in [3.8, 4) is 11.6 Å². The van der Waals surface area contributed by atoms with Crippen molar-refractivity contribution in [3.63, 3.8) is 0 Å². The summed E-state index contributed by atoms with van der Waals surface area (Å²) in [5.74, 6) is 2.18. The molecule has 0 aliphatic heterocycles. The number of hydrogen-bond acceptors (Lipinski definition) is 3. The molecule has 1 saturated carbocycles. The molecule has 0 radical (unpaired) electrons. The van der Waals surface area contributed by atoms with Gasteiger partial charge in [-0.1, -0.05) is 6.92 Å². The lowest BCUT2D eigenvalue weighted by molar-refractivity contribution is 0.0691. The first-order valence-corrected chi connectivity index (χ1v) is 5.53. The fraction of sp³-hybridized carbons (Fsp3) is 0.333. The summed E-state index contributed by atoms with van der Waals surface area (Å²) in [7, 11) is 0. The van der Waals surface area contributed by atoms with Crippen LogP contribution in [-0.4, -0.2) is 21.0 Å². The lowest BCUT2D eigenvalue weighted by Gasteiger charge is -1.92. The third-order valence-electron chi connectivity index (χ3n) is 3.14. The minimum Gasteiger partial charge on any atom is -0.477 e. The molecule has 0 aromatic carbocycles. The predicted octanol–water partition coefficient (Wildman–Crippen LogP) is 2.49. The van der Waals surface area contributed by atoms with Gasteiger partial charge in [0.05, 0.1) is 6.20 Å². The molecule has 2 aromatic rings. The Morgan fingerprint density at radius 3 is 2.94 bits per heavy atom. The quantitative estimate of drug-likeness (QED) is 0.852. The number of rotatable bonds is 3. The molecule has 0 amide bonds. The van der Waals surface area contributed by atoms with E-state index >= 15 is 0 Å². The maximum atomic E-state index is 10.7. The van der Waals surface area contributed by atoms with E-state index in [0.717, 1.165) is 12.2 Å². The van der Waals surface area contributed by atoms with Crippen LogP contribution in [0.5, 0.6) is 0 Å². The Hall–Kier alpha value is -2.04. The van der Waals surface area contributed by atoms with Crippen molar-refractivity contribution in [2.75, 3.05) is 0 Å². The molecule has 1 aliphatic carbocycles. The zero-order valence-electron chi connectivity index (χ0n) is 9.30. The van der Waals surface area contributed by atoms with Gasteiger partial charge in [0.25, 0.3) is 0 Å². The molecule has 2 heterocycles. The van der Waals surface area contributed by atoms with E-state index in [1.165, 1.54) is 6.20 Å². The number of imidazole rings is 1. The number of carbonyl (C=O) groups is 1. The van der Waals surface area contributed by atoms with Crippen molar-refractivity contribution in [2.45, 2.75) is 19.3 Å². The van der Waals surface area contributed by atoms with Gasteiger partial charge in [-0.15, -0.1) is 0 Å². The highest BCUT2D eigenvalue weighted by Gasteiger charge is 2.36. The van der Waals surface area contributed by atoms with Crippen LogP contribution in [0.3, 0.4) is 0 Å². The molecule has 0 saturated heterocycles. The Balaban J connectivity index is 1.87. The molecule has 88 valence electrons. The number of aromatic nitrogens is 2. The second kappa shape index (κ2) is 3.48. The van der Waals surface area contributed by atoms with E-state index in [2.05, 4.69) is 16.9 Å². The third kappa shape index (κ3) is 1.73. The Bertz CT molecular complexity index is 570. The molecule has 2 N–H and O–H groups in total. The maximum Gasteiger partial charge on any atom is 0.353 e. The van der Waals surface area contributed by atoms with Gasteiger partial charge >= 0.3 is 5.97 Å². The highest BCUT2D eigenvalue weighted by atomic mass is 16.4. The minimum absolute atomic E-state index is 0.0674. The Morgan fingerprint density at radius 2 is 2.35 bits per heavy atom. The number of nitrogens with zero attached hydrogens (tertiary/aromatic N) is 1. The largest absolute Gasteiger partial charge is 0.477 e. The molecule has 1 fully saturated rings. The van der Waals surface area contributed by atoms with Gasteiger partial charge in [0.1, 0.15) is 11.5 Å². The number of aromatic carboxylic acids is 1. The van der Waals surface area contributed by atoms with Crippen molar-refractivity contribution < 1.29 is 14.3 Å². The number of furan rings is 1. The lowest BCUT2D eigenvalue weighted by Crippen LogP contribution is -1.95. The van der Waals surface area contributed by atoms with E-state index in [1.54, 1.807) is 0 Å². The van der Waals surface area contributed by atoms with Crippen LogP contribution in [0, 0.1) is 5.92 Å². The number of hydrogen-bond donors (Lipinski definition) is 2. The molecule has 2 atom stereocenters. The van der Waals surface area contributed by atoms with Gasteiger partial charge in [0.15, 0.2) is 11.6 Å². The van der Waals surface area contributed by atoms with Crippen LogP contribution in [0.4, 0.5) is 0 Å². The smallest absolute Gasteiger partial charge is 0.353 e. The molecule has 5 nitrogen and oxygen atoms in total. The highest BCUT2D eigenvalue weighted by Crippen LogP contribution is 2.47. The monoisotopic (exact) mass is 232 g/mol. The highest BCUT2D eigenvalue weighted by molar-refractivity contribution is 5.85. The second-order valence-corrected chi connectivity index (χ2v) is 4.47. The predicted molar refractivity (Wildman–Crippen MR) is 59.8 cm³/mol. The number of carboxylic acids is 1. The summed E-state index contributed by atoms with van der Waals surface area (Å²) < 4.78 is 5.67. The van der Waals surface area contributed by atoms with Crippen molar-refractivity contribution in [3.05, 3.63) is 29.8 Å². The zero-order valence-corrected chi connectivity index (χ0v) is 9.30. The Morgan fingerprint density at radius 1 is 1.59 bits per heavy atom. The summed E-state index contributed by atoms with van der Waals surface area (Å²) in [4.78, 5) is 17.4. The summed E-state index contributed by atoms with van der Waals surface area (Å²) in [5.41, 5.74) is 0.0674. The molecule has 1 aliphatic rings. The van der Waals surface area contributed by atoms with Gasteiger partial charge in [0, 0.05) is 5.92 Å². The lowest BCUT2D eigenvalue weighted by atomic mass is 10.3. The number of carboxylic acid groups (broad SMARTS) is 1. The van der Waals surface area contributed by atoms with Crippen LogP contribution < -0.4 is 0 Å². The normalized spacial score (nSPS) is 22.6. The molecule has 17 heavy (non-hydrogen) atoms. The van der Waals surface area contributed by atoms with Crippen LogP contribution in [-0.2, 0) is 0 Å². The SMILES string of the molecule is CC1CC1c1ccc(-c2ncc(C(=O)O)[nH]2)o1. The molecule has 3 rings (SSSR count). The van der Waals surface area contributed by atoms with E-state index in [-0.39, 0.29) is 5.69 Å². The molecule has 5 heteroatoms. The average Bonchev–Trinajstić information content (AvgIpc) is 2.78. The number of H-pyrrole nitrogens is 1. The molecule has 2 aromatic heterocycles. The van der Waals surface area contributed by atoms with Crippen LogP contribution in [0.2, 0.25) is 0 Å². The summed E-state index contributed by atoms with van der Waals surface area (Å²) in [6.07, 6.45) is 2.45. The topological polar surface area (TPSA) is 79.1 Å². The summed E-state index contributed by atoms with van der Waals surface area (Å²) in [6.45, 7) is 2.18. The van der Waals surface area contributed by atoms with Crippen molar-refractivity contribution in [2.24, 2.45) is 5.92 Å². The fourth-order valence-corrected chi connectivity index (χ4v) is 1.95. The minimum atomic E-state index is -1.02. The summed E-state index contributed by atoms with van der Waals surface area (Å²) >= 11 is 0. The van der Waals surface area contributed by atoms with Gasteiger partial charge in [0.2, 0.25) is 0 Å². The van der Waals surface area contributed by atoms with Gasteiger partial charge in [-0.05, 0) is 24.5 Å².